The molecular weight excluding hydrogens is 332 g/mol. The van der Waals surface area contributed by atoms with Gasteiger partial charge < -0.3 is 0 Å². The van der Waals surface area contributed by atoms with Gasteiger partial charge in [0.15, 0.2) is 12.5 Å². The summed E-state index contributed by atoms with van der Waals surface area (Å²) in [6, 6.07) is 11.9. The molecular formula is C18H16BF3OS. The molecule has 2 aromatic rings. The number of thioether (sulfide) groups is 1. The smallest absolute Gasteiger partial charge is 0.294 e. The minimum Gasteiger partial charge on any atom is -0.294 e. The molecule has 0 amide bonds. The third kappa shape index (κ3) is 3.86. The topological polar surface area (TPSA) is 17.1 Å². The van der Waals surface area contributed by atoms with Crippen LogP contribution < -0.4 is 5.46 Å². The number of alkyl halides is 3. The molecule has 3 rings (SSSR count). The van der Waals surface area contributed by atoms with Gasteiger partial charge in [0.1, 0.15) is 0 Å². The van der Waals surface area contributed by atoms with Crippen LogP contribution in [-0.2, 0) is 12.8 Å². The van der Waals surface area contributed by atoms with E-state index in [1.165, 1.54) is 29.2 Å². The van der Waals surface area contributed by atoms with Gasteiger partial charge in [0.25, 0.3) is 0 Å². The van der Waals surface area contributed by atoms with E-state index in [-0.39, 0.29) is 34.4 Å². The zero-order chi connectivity index (χ0) is 17.3. The van der Waals surface area contributed by atoms with E-state index in [1.807, 2.05) is 18.2 Å². The molecule has 0 radical (unpaired) electrons. The number of ketones is 1. The minimum atomic E-state index is -4.40. The van der Waals surface area contributed by atoms with E-state index >= 15 is 0 Å². The SMILES string of the molecule is CB1CCc2ccc(CC(=O)c3ccccc3SC(F)(F)F)cc21. The molecule has 6 heteroatoms. The minimum absolute atomic E-state index is 0.0375. The molecule has 0 bridgehead atoms. The molecule has 124 valence electrons. The summed E-state index contributed by atoms with van der Waals surface area (Å²) in [6.07, 6.45) is 2.28. The van der Waals surface area contributed by atoms with Crippen LogP contribution in [0, 0.1) is 0 Å². The Morgan fingerprint density at radius 3 is 2.71 bits per heavy atom. The molecule has 1 heterocycles. The van der Waals surface area contributed by atoms with Crippen LogP contribution in [0.2, 0.25) is 13.1 Å². The molecule has 0 aliphatic carbocycles. The van der Waals surface area contributed by atoms with Gasteiger partial charge in [0, 0.05) is 16.9 Å². The van der Waals surface area contributed by atoms with Crippen LogP contribution in [0.4, 0.5) is 13.2 Å². The number of hydrogen-bond acceptors (Lipinski definition) is 2. The predicted octanol–water partition coefficient (Wildman–Crippen LogP) is 4.61. The Morgan fingerprint density at radius 1 is 1.21 bits per heavy atom. The lowest BCUT2D eigenvalue weighted by molar-refractivity contribution is -0.0328. The monoisotopic (exact) mass is 348 g/mol. The average molecular weight is 348 g/mol. The summed E-state index contributed by atoms with van der Waals surface area (Å²) >= 11 is -0.234. The first-order chi connectivity index (χ1) is 11.3. The predicted molar refractivity (Wildman–Crippen MR) is 92.6 cm³/mol. The Hall–Kier alpha value is -1.69. The van der Waals surface area contributed by atoms with Crippen molar-refractivity contribution in [2.75, 3.05) is 0 Å². The highest BCUT2D eigenvalue weighted by Gasteiger charge is 2.31. The Balaban J connectivity index is 1.82. The molecule has 0 aromatic heterocycles. The number of Topliss-reactive ketones (excluding diaryl/α,β-unsaturated/α-hetero) is 1. The van der Waals surface area contributed by atoms with Crippen molar-refractivity contribution < 1.29 is 18.0 Å². The maximum absolute atomic E-state index is 12.7. The van der Waals surface area contributed by atoms with Crippen molar-refractivity contribution in [3.8, 4) is 0 Å². The quantitative estimate of drug-likeness (QED) is 0.456. The number of halogens is 3. The van der Waals surface area contributed by atoms with E-state index in [9.17, 15) is 18.0 Å². The van der Waals surface area contributed by atoms with Gasteiger partial charge in [-0.05, 0) is 29.8 Å². The summed E-state index contributed by atoms with van der Waals surface area (Å²) in [4.78, 5) is 12.5. The third-order valence-corrected chi connectivity index (χ3v) is 5.17. The van der Waals surface area contributed by atoms with Gasteiger partial charge in [0.2, 0.25) is 0 Å². The van der Waals surface area contributed by atoms with Crippen molar-refractivity contribution in [3.05, 3.63) is 59.2 Å². The van der Waals surface area contributed by atoms with Crippen LogP contribution in [0.25, 0.3) is 0 Å². The molecule has 0 saturated carbocycles. The van der Waals surface area contributed by atoms with Gasteiger partial charge in [-0.25, -0.2) is 0 Å². The van der Waals surface area contributed by atoms with Gasteiger partial charge in [0.05, 0.1) is 0 Å². The van der Waals surface area contributed by atoms with Crippen LogP contribution in [0.5, 0.6) is 0 Å². The molecule has 1 aliphatic heterocycles. The zero-order valence-corrected chi connectivity index (χ0v) is 14.0. The number of carbonyl (C=O) groups is 1. The fraction of sp³-hybridized carbons (Fsp3) is 0.278. The second kappa shape index (κ2) is 6.67. The van der Waals surface area contributed by atoms with Gasteiger partial charge in [-0.15, -0.1) is 0 Å². The van der Waals surface area contributed by atoms with Crippen molar-refractivity contribution >= 4 is 29.7 Å². The Bertz CT molecular complexity index is 773. The summed E-state index contributed by atoms with van der Waals surface area (Å²) in [6.45, 7) is 2.63. The maximum Gasteiger partial charge on any atom is 0.446 e. The first-order valence-electron chi connectivity index (χ1n) is 7.83. The molecule has 2 aromatic carbocycles. The molecule has 0 spiro atoms. The summed E-state index contributed by atoms with van der Waals surface area (Å²) in [5.41, 5.74) is -0.836. The highest BCUT2D eigenvalue weighted by molar-refractivity contribution is 8.00. The Kier molecular flexibility index (Phi) is 4.77. The van der Waals surface area contributed by atoms with E-state index < -0.39 is 5.51 Å². The maximum atomic E-state index is 12.7. The third-order valence-electron chi connectivity index (χ3n) is 4.37. The standard InChI is InChI=1S/C18H16BF3OS/c1-19-9-8-13-7-6-12(10-15(13)19)11-16(23)14-4-2-3-5-17(14)24-18(20,21)22/h2-7,10H,8-9,11H2,1H3. The number of rotatable bonds is 4. The molecule has 0 saturated heterocycles. The van der Waals surface area contributed by atoms with Gasteiger partial charge in [-0.3, -0.25) is 4.79 Å². The van der Waals surface area contributed by atoms with Crippen LogP contribution in [0.1, 0.15) is 21.5 Å². The fourth-order valence-corrected chi connectivity index (χ4v) is 3.85. The normalized spacial score (nSPS) is 13.9. The second-order valence-electron chi connectivity index (χ2n) is 6.12. The number of aryl methyl sites for hydroxylation is 1. The van der Waals surface area contributed by atoms with Crippen molar-refractivity contribution in [1.29, 1.82) is 0 Å². The lowest BCUT2D eigenvalue weighted by Crippen LogP contribution is -2.23. The summed E-state index contributed by atoms with van der Waals surface area (Å²) in [5.74, 6) is -0.284. The first-order valence-corrected chi connectivity index (χ1v) is 8.65. The summed E-state index contributed by atoms with van der Waals surface area (Å²) < 4.78 is 38.0. The number of benzene rings is 2. The lowest BCUT2D eigenvalue weighted by Gasteiger charge is -2.11. The van der Waals surface area contributed by atoms with Crippen molar-refractivity contribution in [1.82, 2.24) is 0 Å². The molecule has 0 N–H and O–H groups in total. The molecule has 0 atom stereocenters. The van der Waals surface area contributed by atoms with Gasteiger partial charge >= 0.3 is 5.51 Å². The van der Waals surface area contributed by atoms with Crippen LogP contribution in [0.3, 0.4) is 0 Å². The van der Waals surface area contributed by atoms with E-state index in [0.717, 1.165) is 18.3 Å². The van der Waals surface area contributed by atoms with Crippen LogP contribution >= 0.6 is 11.8 Å². The van der Waals surface area contributed by atoms with E-state index in [0.29, 0.717) is 6.71 Å². The summed E-state index contributed by atoms with van der Waals surface area (Å²) in [7, 11) is 0. The van der Waals surface area contributed by atoms with Gasteiger partial charge in [-0.1, -0.05) is 60.6 Å². The van der Waals surface area contributed by atoms with Crippen molar-refractivity contribution in [2.24, 2.45) is 0 Å². The molecule has 0 unspecified atom stereocenters. The van der Waals surface area contributed by atoms with Crippen LogP contribution in [0.15, 0.2) is 47.4 Å². The zero-order valence-electron chi connectivity index (χ0n) is 13.2. The largest absolute Gasteiger partial charge is 0.446 e. The highest BCUT2D eigenvalue weighted by Crippen LogP contribution is 2.38. The molecule has 1 nitrogen and oxygen atoms in total. The molecule has 24 heavy (non-hydrogen) atoms. The number of fused-ring (bicyclic) bond motifs is 1. The molecule has 1 aliphatic rings. The highest BCUT2D eigenvalue weighted by atomic mass is 32.2. The van der Waals surface area contributed by atoms with Crippen molar-refractivity contribution in [2.45, 2.75) is 36.4 Å². The average Bonchev–Trinajstić information content (AvgIpc) is 2.87. The van der Waals surface area contributed by atoms with E-state index in [2.05, 4.69) is 6.82 Å². The fourth-order valence-electron chi connectivity index (χ4n) is 3.16. The number of hydrogen-bond donors (Lipinski definition) is 0. The van der Waals surface area contributed by atoms with E-state index in [4.69, 9.17) is 0 Å². The Labute approximate surface area is 143 Å². The van der Waals surface area contributed by atoms with E-state index in [1.54, 1.807) is 6.07 Å². The Morgan fingerprint density at radius 2 is 1.96 bits per heavy atom. The second-order valence-corrected chi connectivity index (χ2v) is 7.22. The molecule has 0 fully saturated rings. The first kappa shape index (κ1) is 17.1. The summed E-state index contributed by atoms with van der Waals surface area (Å²) in [5, 5.41) is 0. The van der Waals surface area contributed by atoms with Crippen molar-refractivity contribution in [3.63, 3.8) is 0 Å². The van der Waals surface area contributed by atoms with Crippen LogP contribution in [-0.4, -0.2) is 18.0 Å². The number of carbonyl (C=O) groups excluding carboxylic acids is 1. The lowest BCUT2D eigenvalue weighted by atomic mass is 9.48. The van der Waals surface area contributed by atoms with Gasteiger partial charge in [-0.2, -0.15) is 13.2 Å².